The van der Waals surface area contributed by atoms with Crippen molar-refractivity contribution in [1.29, 1.82) is 0 Å². The van der Waals surface area contributed by atoms with Gasteiger partial charge in [0, 0.05) is 5.41 Å². The van der Waals surface area contributed by atoms with Gasteiger partial charge in [0.05, 0.1) is 26.7 Å². The van der Waals surface area contributed by atoms with Crippen LogP contribution in [-0.4, -0.2) is 31.2 Å². The fraction of sp³-hybridized carbons (Fsp3) is 0.895. The zero-order valence-corrected chi connectivity index (χ0v) is 15.1. The molecule has 0 aromatic rings. The van der Waals surface area contributed by atoms with Crippen LogP contribution in [0.4, 0.5) is 0 Å². The van der Waals surface area contributed by atoms with Gasteiger partial charge in [0.2, 0.25) is 0 Å². The van der Waals surface area contributed by atoms with Crippen molar-refractivity contribution in [2.24, 2.45) is 16.7 Å². The van der Waals surface area contributed by atoms with E-state index in [1.54, 1.807) is 0 Å². The predicted molar refractivity (Wildman–Crippen MR) is 90.8 cm³/mol. The first-order valence-electron chi connectivity index (χ1n) is 8.79. The number of allylic oxidation sites excluding steroid dienone is 2. The number of rotatable bonds is 7. The van der Waals surface area contributed by atoms with Crippen molar-refractivity contribution in [3.8, 4) is 0 Å². The molecule has 3 unspecified atom stereocenters. The molecular formula is C19H38N+. The molecule has 0 aromatic heterocycles. The maximum Gasteiger partial charge on any atom is 0.0852 e. The molecule has 0 spiro atoms. The summed E-state index contributed by atoms with van der Waals surface area (Å²) in [5.74, 6) is 0.690. The van der Waals surface area contributed by atoms with E-state index in [2.05, 4.69) is 60.7 Å². The first-order chi connectivity index (χ1) is 9.33. The molecule has 0 aliphatic heterocycles. The van der Waals surface area contributed by atoms with E-state index in [0.29, 0.717) is 16.7 Å². The second kappa shape index (κ2) is 6.64. The molecule has 20 heavy (non-hydrogen) atoms. The van der Waals surface area contributed by atoms with Crippen molar-refractivity contribution in [1.82, 2.24) is 0 Å². The van der Waals surface area contributed by atoms with Crippen LogP contribution in [0.5, 0.6) is 0 Å². The SMILES string of the molecule is C/C=C\C(C)C1(C[N+](C)(CC)CC)CCCC1(C)CC. The van der Waals surface area contributed by atoms with Gasteiger partial charge < -0.3 is 4.48 Å². The summed E-state index contributed by atoms with van der Waals surface area (Å²) < 4.78 is 1.22. The molecule has 1 heteroatoms. The van der Waals surface area contributed by atoms with Gasteiger partial charge in [-0.25, -0.2) is 0 Å². The second-order valence-electron chi connectivity index (χ2n) is 7.65. The van der Waals surface area contributed by atoms with E-state index in [1.165, 1.54) is 49.8 Å². The Morgan fingerprint density at radius 2 is 1.75 bits per heavy atom. The van der Waals surface area contributed by atoms with E-state index in [0.717, 1.165) is 0 Å². The normalized spacial score (nSPS) is 33.0. The highest BCUT2D eigenvalue weighted by Gasteiger charge is 2.56. The largest absolute Gasteiger partial charge is 0.326 e. The van der Waals surface area contributed by atoms with Gasteiger partial charge in [-0.3, -0.25) is 0 Å². The van der Waals surface area contributed by atoms with Crippen LogP contribution in [0.1, 0.15) is 67.2 Å². The molecule has 0 radical (unpaired) electrons. The minimum Gasteiger partial charge on any atom is -0.326 e. The summed E-state index contributed by atoms with van der Waals surface area (Å²) in [4.78, 5) is 0. The maximum absolute atomic E-state index is 2.57. The Balaban J connectivity index is 3.21. The van der Waals surface area contributed by atoms with Crippen molar-refractivity contribution in [3.63, 3.8) is 0 Å². The van der Waals surface area contributed by atoms with Crippen LogP contribution in [-0.2, 0) is 0 Å². The van der Waals surface area contributed by atoms with Crippen LogP contribution in [0.15, 0.2) is 12.2 Å². The van der Waals surface area contributed by atoms with E-state index < -0.39 is 0 Å². The molecule has 1 saturated carbocycles. The Morgan fingerprint density at radius 3 is 2.20 bits per heavy atom. The van der Waals surface area contributed by atoms with Crippen molar-refractivity contribution in [2.75, 3.05) is 26.7 Å². The summed E-state index contributed by atoms with van der Waals surface area (Å²) in [6.07, 6.45) is 10.3. The Kier molecular flexibility index (Phi) is 5.89. The molecule has 0 amide bonds. The van der Waals surface area contributed by atoms with Crippen LogP contribution in [0.2, 0.25) is 0 Å². The summed E-state index contributed by atoms with van der Waals surface area (Å²) in [5, 5.41) is 0. The van der Waals surface area contributed by atoms with Crippen LogP contribution < -0.4 is 0 Å². The summed E-state index contributed by atoms with van der Waals surface area (Å²) >= 11 is 0. The van der Waals surface area contributed by atoms with Gasteiger partial charge in [0.25, 0.3) is 0 Å². The average Bonchev–Trinajstić information content (AvgIpc) is 2.77. The molecule has 0 bridgehead atoms. The lowest BCUT2D eigenvalue weighted by Crippen LogP contribution is -2.56. The van der Waals surface area contributed by atoms with Crippen LogP contribution >= 0.6 is 0 Å². The third-order valence-electron chi connectivity index (χ3n) is 6.88. The van der Waals surface area contributed by atoms with Gasteiger partial charge in [-0.1, -0.05) is 39.3 Å². The monoisotopic (exact) mass is 280 g/mol. The number of quaternary nitrogens is 1. The van der Waals surface area contributed by atoms with Crippen molar-refractivity contribution in [2.45, 2.75) is 67.2 Å². The van der Waals surface area contributed by atoms with Gasteiger partial charge in [-0.05, 0) is 51.4 Å². The molecule has 1 rings (SSSR count). The van der Waals surface area contributed by atoms with Gasteiger partial charge in [0.1, 0.15) is 0 Å². The summed E-state index contributed by atoms with van der Waals surface area (Å²) in [7, 11) is 2.46. The fourth-order valence-electron chi connectivity index (χ4n) is 4.67. The Morgan fingerprint density at radius 1 is 1.15 bits per heavy atom. The van der Waals surface area contributed by atoms with Crippen LogP contribution in [0, 0.1) is 16.7 Å². The molecule has 1 aliphatic carbocycles. The van der Waals surface area contributed by atoms with Crippen molar-refractivity contribution < 1.29 is 4.48 Å². The highest BCUT2D eigenvalue weighted by molar-refractivity contribution is 5.07. The van der Waals surface area contributed by atoms with E-state index in [-0.39, 0.29) is 0 Å². The molecule has 0 heterocycles. The quantitative estimate of drug-likeness (QED) is 0.440. The van der Waals surface area contributed by atoms with Gasteiger partial charge in [0.15, 0.2) is 0 Å². The Labute approximate surface area is 128 Å². The molecule has 1 nitrogen and oxygen atoms in total. The maximum atomic E-state index is 2.57. The number of hydrogen-bond acceptors (Lipinski definition) is 0. The first kappa shape index (κ1) is 17.8. The zero-order chi connectivity index (χ0) is 15.4. The third-order valence-corrected chi connectivity index (χ3v) is 6.88. The number of hydrogen-bond donors (Lipinski definition) is 0. The smallest absolute Gasteiger partial charge is 0.0852 e. The standard InChI is InChI=1S/C19H38N/c1-8-13-17(5)19(16-20(7,10-3)11-4)15-12-14-18(19,6)9-2/h8,13,17H,9-12,14-16H2,1-7H3/q+1/b13-8-. The summed E-state index contributed by atoms with van der Waals surface area (Å²) in [6, 6.07) is 0. The molecule has 0 aromatic carbocycles. The van der Waals surface area contributed by atoms with Gasteiger partial charge in [-0.2, -0.15) is 0 Å². The fourth-order valence-corrected chi connectivity index (χ4v) is 4.67. The molecule has 1 fully saturated rings. The van der Waals surface area contributed by atoms with Crippen LogP contribution in [0.3, 0.4) is 0 Å². The third kappa shape index (κ3) is 2.98. The lowest BCUT2D eigenvalue weighted by molar-refractivity contribution is -0.914. The molecule has 0 saturated heterocycles. The van der Waals surface area contributed by atoms with Crippen LogP contribution in [0.25, 0.3) is 0 Å². The lowest BCUT2D eigenvalue weighted by Gasteiger charge is -2.51. The lowest BCUT2D eigenvalue weighted by atomic mass is 9.58. The topological polar surface area (TPSA) is 0 Å². The van der Waals surface area contributed by atoms with E-state index in [1.807, 2.05) is 0 Å². The van der Waals surface area contributed by atoms with E-state index in [9.17, 15) is 0 Å². The minimum atomic E-state index is 0.481. The van der Waals surface area contributed by atoms with Gasteiger partial charge >= 0.3 is 0 Å². The molecule has 0 N–H and O–H groups in total. The average molecular weight is 281 g/mol. The molecule has 3 atom stereocenters. The zero-order valence-electron chi connectivity index (χ0n) is 15.1. The van der Waals surface area contributed by atoms with Gasteiger partial charge in [-0.15, -0.1) is 0 Å². The van der Waals surface area contributed by atoms with E-state index in [4.69, 9.17) is 0 Å². The first-order valence-corrected chi connectivity index (χ1v) is 8.79. The Hall–Kier alpha value is -0.300. The molecule has 118 valence electrons. The predicted octanol–water partition coefficient (Wildman–Crippen LogP) is 5.27. The molecular weight excluding hydrogens is 242 g/mol. The highest BCUT2D eigenvalue weighted by Crippen LogP contribution is 2.59. The Bertz CT molecular complexity index is 329. The van der Waals surface area contributed by atoms with Crippen molar-refractivity contribution >= 4 is 0 Å². The minimum absolute atomic E-state index is 0.481. The van der Waals surface area contributed by atoms with E-state index >= 15 is 0 Å². The summed E-state index contributed by atoms with van der Waals surface area (Å²) in [6.45, 7) is 18.2. The molecule has 1 aliphatic rings. The second-order valence-corrected chi connectivity index (χ2v) is 7.65. The summed E-state index contributed by atoms with van der Waals surface area (Å²) in [5.41, 5.74) is 0.991. The number of nitrogens with zero attached hydrogens (tertiary/aromatic N) is 1. The van der Waals surface area contributed by atoms with Crippen molar-refractivity contribution in [3.05, 3.63) is 12.2 Å². The highest BCUT2D eigenvalue weighted by atomic mass is 15.3.